The lowest BCUT2D eigenvalue weighted by Gasteiger charge is -2.27. The van der Waals surface area contributed by atoms with Gasteiger partial charge in [0.1, 0.15) is 23.6 Å². The fourth-order valence-electron chi connectivity index (χ4n) is 3.13. The Balaban J connectivity index is 2.16. The second-order valence-corrected chi connectivity index (χ2v) is 12.9. The molecule has 0 unspecified atom stereocenters. The van der Waals surface area contributed by atoms with Gasteiger partial charge in [-0.15, -0.1) is 0 Å². The fraction of sp³-hybridized carbons (Fsp3) is 0.588. The predicted molar refractivity (Wildman–Crippen MR) is 107 cm³/mol. The number of aromatic nitrogens is 3. The van der Waals surface area contributed by atoms with E-state index in [-0.39, 0.29) is 0 Å². The van der Waals surface area contributed by atoms with Gasteiger partial charge in [0.2, 0.25) is 0 Å². The Morgan fingerprint density at radius 2 is 1.96 bits per heavy atom. The van der Waals surface area contributed by atoms with Gasteiger partial charge in [-0.1, -0.05) is 62.3 Å². The molecule has 0 aliphatic heterocycles. The summed E-state index contributed by atoms with van der Waals surface area (Å²) in [6.07, 6.45) is 3.65. The molecule has 0 aliphatic rings. The summed E-state index contributed by atoms with van der Waals surface area (Å²) < 4.78 is 7.79. The minimum absolute atomic E-state index is 0.319. The predicted octanol–water partition coefficient (Wildman–Crippen LogP) is 5.16. The Morgan fingerprint density at radius 1 is 1.28 bits per heavy atom. The summed E-state index contributed by atoms with van der Waals surface area (Å²) in [4.78, 5) is 8.73. The summed E-state index contributed by atoms with van der Waals surface area (Å²) in [6, 6.07) is 7.24. The van der Waals surface area contributed by atoms with Crippen LogP contribution >= 0.6 is 23.4 Å². The van der Waals surface area contributed by atoms with Crippen molar-refractivity contribution in [3.63, 3.8) is 0 Å². The van der Waals surface area contributed by atoms with Crippen LogP contribution in [0.15, 0.2) is 11.4 Å². The van der Waals surface area contributed by atoms with Gasteiger partial charge in [-0.3, -0.25) is 0 Å². The standard InChI is InChI=1S/C17H25ClN4OSSi/c1-5-25(6-2,7-3)9-8-23-12-22-11-13(10-19)14-15(18)20-17(24-4)21-16(14)22/h11H,5-9,12H2,1-4H3. The van der Waals surface area contributed by atoms with E-state index in [9.17, 15) is 5.26 Å². The molecule has 0 aromatic carbocycles. The molecule has 2 heterocycles. The van der Waals surface area contributed by atoms with Gasteiger partial charge < -0.3 is 9.30 Å². The highest BCUT2D eigenvalue weighted by atomic mass is 35.5. The van der Waals surface area contributed by atoms with Crippen molar-refractivity contribution in [2.24, 2.45) is 0 Å². The number of thioether (sulfide) groups is 1. The van der Waals surface area contributed by atoms with Gasteiger partial charge in [-0.2, -0.15) is 5.26 Å². The van der Waals surface area contributed by atoms with E-state index in [1.54, 1.807) is 6.20 Å². The van der Waals surface area contributed by atoms with Crippen molar-refractivity contribution in [3.8, 4) is 6.07 Å². The average Bonchev–Trinajstić information content (AvgIpc) is 3.00. The molecule has 2 aromatic rings. The summed E-state index contributed by atoms with van der Waals surface area (Å²) in [6.45, 7) is 8.04. The molecule has 0 spiro atoms. The molecule has 0 aliphatic carbocycles. The Bertz CT molecular complexity index is 762. The van der Waals surface area contributed by atoms with Crippen LogP contribution in [0.4, 0.5) is 0 Å². The third-order valence-electron chi connectivity index (χ3n) is 5.21. The van der Waals surface area contributed by atoms with Crippen molar-refractivity contribution in [2.75, 3.05) is 12.9 Å². The molecule has 0 saturated carbocycles. The average molecular weight is 397 g/mol. The quantitative estimate of drug-likeness (QED) is 0.192. The number of ether oxygens (including phenoxy) is 1. The lowest BCUT2D eigenvalue weighted by molar-refractivity contribution is 0.0895. The van der Waals surface area contributed by atoms with Gasteiger partial charge >= 0.3 is 0 Å². The van der Waals surface area contributed by atoms with Crippen LogP contribution in [0.1, 0.15) is 26.3 Å². The Kier molecular flexibility index (Phi) is 7.32. The van der Waals surface area contributed by atoms with Crippen LogP contribution in [0, 0.1) is 11.3 Å². The number of nitrogens with zero attached hydrogens (tertiary/aromatic N) is 4. The summed E-state index contributed by atoms with van der Waals surface area (Å²) in [7, 11) is -1.17. The fourth-order valence-corrected chi connectivity index (χ4v) is 6.95. The molecule has 136 valence electrons. The van der Waals surface area contributed by atoms with Gasteiger partial charge in [0, 0.05) is 12.8 Å². The van der Waals surface area contributed by atoms with Gasteiger partial charge in [0.15, 0.2) is 5.16 Å². The van der Waals surface area contributed by atoms with Crippen LogP contribution < -0.4 is 0 Å². The third-order valence-corrected chi connectivity index (χ3v) is 11.8. The first-order chi connectivity index (χ1) is 12.0. The summed E-state index contributed by atoms with van der Waals surface area (Å²) >= 11 is 7.68. The lowest BCUT2D eigenvalue weighted by atomic mass is 10.3. The molecule has 0 N–H and O–H groups in total. The summed E-state index contributed by atoms with van der Waals surface area (Å²) in [5.74, 6) is 0. The van der Waals surface area contributed by atoms with Crippen molar-refractivity contribution >= 4 is 42.5 Å². The molecule has 0 bridgehead atoms. The van der Waals surface area contributed by atoms with Gasteiger partial charge in [-0.05, 0) is 12.3 Å². The topological polar surface area (TPSA) is 63.7 Å². The van der Waals surface area contributed by atoms with E-state index in [0.29, 0.717) is 33.6 Å². The third kappa shape index (κ3) is 4.37. The van der Waals surface area contributed by atoms with Crippen molar-refractivity contribution in [1.29, 1.82) is 5.26 Å². The minimum atomic E-state index is -1.17. The Labute approximate surface area is 159 Å². The maximum atomic E-state index is 9.36. The molecule has 2 rings (SSSR count). The normalized spacial score (nSPS) is 11.8. The highest BCUT2D eigenvalue weighted by Gasteiger charge is 2.26. The molecule has 0 radical (unpaired) electrons. The number of hydrogen-bond acceptors (Lipinski definition) is 5. The Morgan fingerprint density at radius 3 is 2.52 bits per heavy atom. The van der Waals surface area contributed by atoms with Crippen LogP contribution in [-0.2, 0) is 11.5 Å². The monoisotopic (exact) mass is 396 g/mol. The zero-order valence-corrected chi connectivity index (χ0v) is 17.9. The van der Waals surface area contributed by atoms with Crippen LogP contribution in [0.3, 0.4) is 0 Å². The molecule has 8 heteroatoms. The SMILES string of the molecule is CC[Si](CC)(CC)CCOCn1cc(C#N)c2c(Cl)nc(SC)nc21. The number of rotatable bonds is 9. The van der Waals surface area contributed by atoms with E-state index in [0.717, 1.165) is 6.61 Å². The van der Waals surface area contributed by atoms with Crippen molar-refractivity contribution in [2.45, 2.75) is 56.8 Å². The van der Waals surface area contributed by atoms with E-state index in [2.05, 4.69) is 36.8 Å². The van der Waals surface area contributed by atoms with E-state index in [4.69, 9.17) is 16.3 Å². The molecular formula is C17H25ClN4OSSi. The molecule has 0 fully saturated rings. The first kappa shape index (κ1) is 20.2. The smallest absolute Gasteiger partial charge is 0.190 e. The number of hydrogen-bond donors (Lipinski definition) is 0. The maximum absolute atomic E-state index is 9.36. The molecule has 2 aromatic heterocycles. The van der Waals surface area contributed by atoms with E-state index >= 15 is 0 Å². The van der Waals surface area contributed by atoms with Crippen LogP contribution in [0.5, 0.6) is 0 Å². The van der Waals surface area contributed by atoms with Gasteiger partial charge in [0.05, 0.1) is 19.0 Å². The van der Waals surface area contributed by atoms with Crippen LogP contribution in [0.2, 0.25) is 29.3 Å². The maximum Gasteiger partial charge on any atom is 0.190 e. The van der Waals surface area contributed by atoms with Crippen molar-refractivity contribution in [1.82, 2.24) is 14.5 Å². The van der Waals surface area contributed by atoms with Crippen molar-refractivity contribution < 1.29 is 4.74 Å². The molecule has 25 heavy (non-hydrogen) atoms. The first-order valence-electron chi connectivity index (χ1n) is 8.62. The highest BCUT2D eigenvalue weighted by Crippen LogP contribution is 2.28. The molecule has 0 atom stereocenters. The molecule has 0 amide bonds. The number of halogens is 1. The zero-order chi connectivity index (χ0) is 18.4. The highest BCUT2D eigenvalue weighted by molar-refractivity contribution is 7.98. The van der Waals surface area contributed by atoms with Crippen LogP contribution in [-0.4, -0.2) is 35.5 Å². The van der Waals surface area contributed by atoms with Crippen LogP contribution in [0.25, 0.3) is 11.0 Å². The summed E-state index contributed by atoms with van der Waals surface area (Å²) in [5, 5.41) is 10.9. The second kappa shape index (κ2) is 9.04. The second-order valence-electron chi connectivity index (χ2n) is 6.17. The largest absolute Gasteiger partial charge is 0.361 e. The molecule has 5 nitrogen and oxygen atoms in total. The summed E-state index contributed by atoms with van der Waals surface area (Å²) in [5.41, 5.74) is 1.14. The lowest BCUT2D eigenvalue weighted by Crippen LogP contribution is -2.32. The Hall–Kier alpha value is -1.07. The van der Waals surface area contributed by atoms with Gasteiger partial charge in [0.25, 0.3) is 0 Å². The molecular weight excluding hydrogens is 372 g/mol. The van der Waals surface area contributed by atoms with Crippen molar-refractivity contribution in [3.05, 3.63) is 16.9 Å². The van der Waals surface area contributed by atoms with E-state index in [1.807, 2.05) is 10.8 Å². The minimum Gasteiger partial charge on any atom is -0.361 e. The first-order valence-corrected chi connectivity index (χ1v) is 13.1. The van der Waals surface area contributed by atoms with Gasteiger partial charge in [-0.25, -0.2) is 9.97 Å². The molecule has 0 saturated heterocycles. The zero-order valence-electron chi connectivity index (χ0n) is 15.3. The van der Waals surface area contributed by atoms with E-state index < -0.39 is 8.07 Å². The number of nitriles is 1. The van der Waals surface area contributed by atoms with E-state index in [1.165, 1.54) is 35.9 Å². The number of fused-ring (bicyclic) bond motifs is 1.